The maximum absolute atomic E-state index is 4.12. The molecule has 0 unspecified atom stereocenters. The van der Waals surface area contributed by atoms with E-state index < -0.39 is 0 Å². The maximum Gasteiger partial charge on any atom is 0.0945 e. The summed E-state index contributed by atoms with van der Waals surface area (Å²) in [4.78, 5) is 6.55. The molecule has 1 aliphatic heterocycles. The van der Waals surface area contributed by atoms with Crippen LogP contribution in [0.15, 0.2) is 12.5 Å². The number of aromatic nitrogens is 2. The minimum atomic E-state index is 0.922. The van der Waals surface area contributed by atoms with Gasteiger partial charge in [0.15, 0.2) is 0 Å². The summed E-state index contributed by atoms with van der Waals surface area (Å²) in [7, 11) is 4.26. The molecule has 17 heavy (non-hydrogen) atoms. The number of hydrogen-bond acceptors (Lipinski definition) is 3. The zero-order valence-electron chi connectivity index (χ0n) is 11.0. The van der Waals surface area contributed by atoms with Crippen molar-refractivity contribution in [3.63, 3.8) is 0 Å². The van der Waals surface area contributed by atoms with Crippen LogP contribution < -0.4 is 5.32 Å². The van der Waals surface area contributed by atoms with Crippen LogP contribution in [0.4, 0.5) is 0 Å². The van der Waals surface area contributed by atoms with E-state index in [-0.39, 0.29) is 0 Å². The SMILES string of the molecule is CN1CCC(CCNCc2cncn2C)CC1. The summed E-state index contributed by atoms with van der Waals surface area (Å²) < 4.78 is 2.07. The van der Waals surface area contributed by atoms with Gasteiger partial charge in [0.05, 0.1) is 12.0 Å². The van der Waals surface area contributed by atoms with Crippen LogP contribution in [0.2, 0.25) is 0 Å². The van der Waals surface area contributed by atoms with Gasteiger partial charge >= 0.3 is 0 Å². The van der Waals surface area contributed by atoms with Gasteiger partial charge in [-0.15, -0.1) is 0 Å². The molecule has 0 spiro atoms. The normalized spacial score (nSPS) is 18.7. The molecule has 0 bridgehead atoms. The van der Waals surface area contributed by atoms with E-state index in [0.717, 1.165) is 19.0 Å². The average molecular weight is 236 g/mol. The highest BCUT2D eigenvalue weighted by Crippen LogP contribution is 2.18. The number of nitrogens with zero attached hydrogens (tertiary/aromatic N) is 3. The van der Waals surface area contributed by atoms with Crippen molar-refractivity contribution >= 4 is 0 Å². The molecule has 2 heterocycles. The minimum Gasteiger partial charge on any atom is -0.337 e. The maximum atomic E-state index is 4.12. The molecule has 0 saturated carbocycles. The molecule has 0 amide bonds. The third kappa shape index (κ3) is 3.82. The van der Waals surface area contributed by atoms with Gasteiger partial charge in [-0.2, -0.15) is 0 Å². The fourth-order valence-corrected chi connectivity index (χ4v) is 2.43. The molecule has 1 saturated heterocycles. The second-order valence-electron chi connectivity index (χ2n) is 5.21. The number of hydrogen-bond donors (Lipinski definition) is 1. The van der Waals surface area contributed by atoms with Crippen molar-refractivity contribution in [3.8, 4) is 0 Å². The molecule has 4 heteroatoms. The molecule has 1 aliphatic rings. The standard InChI is InChI=1S/C13H24N4/c1-16-7-4-12(5-8-16)3-6-14-9-13-10-15-11-17(13)2/h10-12,14H,3-9H2,1-2H3. The first-order valence-corrected chi connectivity index (χ1v) is 6.60. The van der Waals surface area contributed by atoms with Gasteiger partial charge in [-0.1, -0.05) is 0 Å². The Labute approximate surface area is 104 Å². The molecule has 0 aliphatic carbocycles. The Balaban J connectivity index is 1.59. The van der Waals surface area contributed by atoms with Crippen molar-refractivity contribution in [3.05, 3.63) is 18.2 Å². The van der Waals surface area contributed by atoms with Crippen LogP contribution in [0.25, 0.3) is 0 Å². The zero-order chi connectivity index (χ0) is 12.1. The van der Waals surface area contributed by atoms with Gasteiger partial charge < -0.3 is 14.8 Å². The lowest BCUT2D eigenvalue weighted by atomic mass is 9.94. The number of likely N-dealkylation sites (tertiary alicyclic amines) is 1. The van der Waals surface area contributed by atoms with Gasteiger partial charge in [0.25, 0.3) is 0 Å². The Bertz CT molecular complexity index is 326. The third-order valence-corrected chi connectivity index (χ3v) is 3.79. The Hall–Kier alpha value is -0.870. The molecule has 1 fully saturated rings. The van der Waals surface area contributed by atoms with Crippen LogP contribution in [-0.4, -0.2) is 41.1 Å². The molecule has 0 atom stereocenters. The zero-order valence-corrected chi connectivity index (χ0v) is 11.0. The summed E-state index contributed by atoms with van der Waals surface area (Å²) in [5.74, 6) is 0.922. The van der Waals surface area contributed by atoms with Crippen LogP contribution in [0.5, 0.6) is 0 Å². The van der Waals surface area contributed by atoms with Gasteiger partial charge in [-0.05, 0) is 51.9 Å². The summed E-state index contributed by atoms with van der Waals surface area (Å²) >= 11 is 0. The summed E-state index contributed by atoms with van der Waals surface area (Å²) in [6.07, 6.45) is 7.83. The van der Waals surface area contributed by atoms with Gasteiger partial charge in [0.1, 0.15) is 0 Å². The molecule has 1 aromatic heterocycles. The number of rotatable bonds is 5. The molecule has 96 valence electrons. The first-order valence-electron chi connectivity index (χ1n) is 6.60. The van der Waals surface area contributed by atoms with Crippen molar-refractivity contribution in [2.45, 2.75) is 25.8 Å². The predicted molar refractivity (Wildman–Crippen MR) is 69.8 cm³/mol. The third-order valence-electron chi connectivity index (χ3n) is 3.79. The Morgan fingerprint density at radius 1 is 1.35 bits per heavy atom. The summed E-state index contributed by atoms with van der Waals surface area (Å²) in [6, 6.07) is 0. The van der Waals surface area contributed by atoms with Crippen molar-refractivity contribution in [1.82, 2.24) is 19.8 Å². The molecular weight excluding hydrogens is 212 g/mol. The van der Waals surface area contributed by atoms with Crippen LogP contribution in [0.1, 0.15) is 25.0 Å². The van der Waals surface area contributed by atoms with Crippen molar-refractivity contribution < 1.29 is 0 Å². The van der Waals surface area contributed by atoms with E-state index in [2.05, 4.69) is 26.8 Å². The summed E-state index contributed by atoms with van der Waals surface area (Å²) in [5.41, 5.74) is 1.26. The van der Waals surface area contributed by atoms with Gasteiger partial charge in [0.2, 0.25) is 0 Å². The van der Waals surface area contributed by atoms with E-state index in [9.17, 15) is 0 Å². The Morgan fingerprint density at radius 2 is 2.12 bits per heavy atom. The number of nitrogens with one attached hydrogen (secondary N) is 1. The topological polar surface area (TPSA) is 33.1 Å². The quantitative estimate of drug-likeness (QED) is 0.781. The predicted octanol–water partition coefficient (Wildman–Crippen LogP) is 1.24. The second-order valence-corrected chi connectivity index (χ2v) is 5.21. The average Bonchev–Trinajstić information content (AvgIpc) is 2.73. The Morgan fingerprint density at radius 3 is 2.76 bits per heavy atom. The first-order chi connectivity index (χ1) is 8.25. The van der Waals surface area contributed by atoms with E-state index >= 15 is 0 Å². The summed E-state index contributed by atoms with van der Waals surface area (Å²) in [6.45, 7) is 4.60. The molecule has 2 rings (SSSR count). The van der Waals surface area contributed by atoms with E-state index in [0.29, 0.717) is 0 Å². The van der Waals surface area contributed by atoms with Crippen LogP contribution >= 0.6 is 0 Å². The van der Waals surface area contributed by atoms with E-state index in [1.807, 2.05) is 19.6 Å². The van der Waals surface area contributed by atoms with Crippen molar-refractivity contribution in [1.29, 1.82) is 0 Å². The number of imidazole rings is 1. The minimum absolute atomic E-state index is 0.922. The van der Waals surface area contributed by atoms with E-state index in [4.69, 9.17) is 0 Å². The molecule has 1 N–H and O–H groups in total. The van der Waals surface area contributed by atoms with Crippen LogP contribution in [-0.2, 0) is 13.6 Å². The lowest BCUT2D eigenvalue weighted by Gasteiger charge is -2.28. The highest BCUT2D eigenvalue weighted by atomic mass is 15.1. The largest absolute Gasteiger partial charge is 0.337 e. The van der Waals surface area contributed by atoms with Gasteiger partial charge in [0, 0.05) is 19.8 Å². The molecule has 1 aromatic rings. The second kappa shape index (κ2) is 6.17. The highest BCUT2D eigenvalue weighted by Gasteiger charge is 2.15. The smallest absolute Gasteiger partial charge is 0.0945 e. The molecule has 0 radical (unpaired) electrons. The lowest BCUT2D eigenvalue weighted by molar-refractivity contribution is 0.211. The van der Waals surface area contributed by atoms with Crippen LogP contribution in [0.3, 0.4) is 0 Å². The number of piperidine rings is 1. The number of aryl methyl sites for hydroxylation is 1. The van der Waals surface area contributed by atoms with E-state index in [1.54, 1.807) is 0 Å². The fraction of sp³-hybridized carbons (Fsp3) is 0.769. The monoisotopic (exact) mass is 236 g/mol. The summed E-state index contributed by atoms with van der Waals surface area (Å²) in [5, 5.41) is 3.51. The van der Waals surface area contributed by atoms with E-state index in [1.165, 1.54) is 38.0 Å². The fourth-order valence-electron chi connectivity index (χ4n) is 2.43. The van der Waals surface area contributed by atoms with Crippen molar-refractivity contribution in [2.24, 2.45) is 13.0 Å². The molecule has 4 nitrogen and oxygen atoms in total. The Kier molecular flexibility index (Phi) is 4.57. The van der Waals surface area contributed by atoms with Crippen molar-refractivity contribution in [2.75, 3.05) is 26.7 Å². The molecular formula is C13H24N4. The van der Waals surface area contributed by atoms with Crippen LogP contribution in [0, 0.1) is 5.92 Å². The highest BCUT2D eigenvalue weighted by molar-refractivity contribution is 4.96. The van der Waals surface area contributed by atoms with Gasteiger partial charge in [-0.25, -0.2) is 4.98 Å². The molecule has 0 aromatic carbocycles. The van der Waals surface area contributed by atoms with Gasteiger partial charge in [-0.3, -0.25) is 0 Å². The lowest BCUT2D eigenvalue weighted by Crippen LogP contribution is -2.31. The first kappa shape index (κ1) is 12.6.